The Bertz CT molecular complexity index is 1190. The number of carboxylic acids is 1. The lowest BCUT2D eigenvalue weighted by molar-refractivity contribution is 0.0697. The van der Waals surface area contributed by atoms with E-state index in [-0.39, 0.29) is 40.8 Å². The number of hydrogen-bond donors (Lipinski definition) is 2. The molecule has 0 aliphatic rings. The predicted octanol–water partition coefficient (Wildman–Crippen LogP) is 2.74. The average Bonchev–Trinajstić information content (AvgIpc) is 3.08. The minimum absolute atomic E-state index is 0.0769. The molecule has 0 aliphatic carbocycles. The van der Waals surface area contributed by atoms with Gasteiger partial charge in [-0.15, -0.1) is 0 Å². The molecule has 3 rings (SSSR count). The molecule has 9 nitrogen and oxygen atoms in total. The van der Waals surface area contributed by atoms with Crippen molar-refractivity contribution in [2.45, 2.75) is 13.5 Å². The van der Waals surface area contributed by atoms with Crippen LogP contribution < -0.4 is 9.46 Å². The number of carbonyl (C=O) groups is 1. The molecule has 0 spiro atoms. The second kappa shape index (κ2) is 7.58. The van der Waals surface area contributed by atoms with E-state index in [4.69, 9.17) is 14.3 Å². The first-order valence-electron chi connectivity index (χ1n) is 8.11. The molecule has 2 aromatic carbocycles. The highest BCUT2D eigenvalue weighted by molar-refractivity contribution is 7.92. The summed E-state index contributed by atoms with van der Waals surface area (Å²) >= 11 is 0. The quantitative estimate of drug-likeness (QED) is 0.615. The number of ether oxygens (including phenoxy) is 1. The Balaban J connectivity index is 1.78. The van der Waals surface area contributed by atoms with Crippen LogP contribution in [0.25, 0.3) is 11.1 Å². The van der Waals surface area contributed by atoms with Gasteiger partial charge >= 0.3 is 5.97 Å². The summed E-state index contributed by atoms with van der Waals surface area (Å²) < 4.78 is 36.7. The van der Waals surface area contributed by atoms with E-state index in [1.165, 1.54) is 43.3 Å². The van der Waals surface area contributed by atoms with Crippen LogP contribution in [0.2, 0.25) is 0 Å². The Hall–Kier alpha value is -3.58. The molecule has 0 aliphatic heterocycles. The number of sulfonamides is 1. The number of fused-ring (bicyclic) bond motifs is 1. The Morgan fingerprint density at radius 3 is 2.79 bits per heavy atom. The normalized spacial score (nSPS) is 11.1. The van der Waals surface area contributed by atoms with Gasteiger partial charge in [-0.05, 0) is 43.3 Å². The summed E-state index contributed by atoms with van der Waals surface area (Å²) in [5, 5.41) is 18.3. The van der Waals surface area contributed by atoms with Crippen molar-refractivity contribution < 1.29 is 27.5 Å². The number of oxazole rings is 1. The van der Waals surface area contributed by atoms with Gasteiger partial charge in [0.25, 0.3) is 0 Å². The fraction of sp³-hybridized carbons (Fsp3) is 0.167. The lowest BCUT2D eigenvalue weighted by Crippen LogP contribution is -2.14. The largest absolute Gasteiger partial charge is 0.482 e. The molecular weight excluding hydrogens is 386 g/mol. The van der Waals surface area contributed by atoms with Crippen molar-refractivity contribution in [2.75, 3.05) is 10.5 Å². The molecule has 144 valence electrons. The van der Waals surface area contributed by atoms with Gasteiger partial charge in [0, 0.05) is 0 Å². The molecule has 0 atom stereocenters. The van der Waals surface area contributed by atoms with Gasteiger partial charge in [-0.1, -0.05) is 0 Å². The fourth-order valence-corrected chi connectivity index (χ4v) is 3.00. The Morgan fingerprint density at radius 2 is 2.11 bits per heavy atom. The number of rotatable bonds is 7. The highest BCUT2D eigenvalue weighted by Gasteiger charge is 2.13. The van der Waals surface area contributed by atoms with Crippen molar-refractivity contribution in [1.29, 1.82) is 5.26 Å². The average molecular weight is 401 g/mol. The van der Waals surface area contributed by atoms with Crippen molar-refractivity contribution >= 4 is 32.8 Å². The monoisotopic (exact) mass is 401 g/mol. The SMILES string of the molecule is CCS(=O)(=O)Nc1ccc(OCc2nc3ccc(C(=O)O)cc3o2)c(C#N)c1. The van der Waals surface area contributed by atoms with Gasteiger partial charge < -0.3 is 14.3 Å². The zero-order chi connectivity index (χ0) is 20.3. The first-order valence-corrected chi connectivity index (χ1v) is 9.76. The first-order chi connectivity index (χ1) is 13.3. The predicted molar refractivity (Wildman–Crippen MR) is 99.5 cm³/mol. The molecule has 0 saturated heterocycles. The van der Waals surface area contributed by atoms with Crippen LogP contribution in [0.1, 0.15) is 28.7 Å². The van der Waals surface area contributed by atoms with Gasteiger partial charge in [0.1, 0.15) is 17.3 Å². The third-order valence-corrected chi connectivity index (χ3v) is 5.09. The number of aromatic nitrogens is 1. The van der Waals surface area contributed by atoms with Crippen molar-refractivity contribution in [3.8, 4) is 11.8 Å². The van der Waals surface area contributed by atoms with E-state index < -0.39 is 16.0 Å². The topological polar surface area (TPSA) is 143 Å². The summed E-state index contributed by atoms with van der Waals surface area (Å²) in [5.41, 5.74) is 1.26. The van der Waals surface area contributed by atoms with E-state index in [0.717, 1.165) is 0 Å². The Kier molecular flexibility index (Phi) is 5.19. The van der Waals surface area contributed by atoms with Gasteiger partial charge in [0.2, 0.25) is 15.9 Å². The molecule has 0 saturated carbocycles. The highest BCUT2D eigenvalue weighted by atomic mass is 32.2. The van der Waals surface area contributed by atoms with Crippen LogP contribution in [0.3, 0.4) is 0 Å². The van der Waals surface area contributed by atoms with Crippen LogP contribution in [0, 0.1) is 11.3 Å². The lowest BCUT2D eigenvalue weighted by Gasteiger charge is -2.09. The molecule has 0 bridgehead atoms. The van der Waals surface area contributed by atoms with Crippen LogP contribution in [-0.2, 0) is 16.6 Å². The molecule has 2 N–H and O–H groups in total. The molecule has 0 amide bonds. The minimum Gasteiger partial charge on any atom is -0.482 e. The van der Waals surface area contributed by atoms with E-state index in [1.807, 2.05) is 6.07 Å². The standard InChI is InChI=1S/C18H15N3O6S/c1-2-28(24,25)21-13-4-6-15(12(7-13)9-19)26-10-17-20-14-5-3-11(18(22)23)8-16(14)27-17/h3-8,21H,2,10H2,1H3,(H,22,23). The number of carboxylic acid groups (broad SMARTS) is 1. The van der Waals surface area contributed by atoms with Crippen LogP contribution in [-0.4, -0.2) is 30.2 Å². The van der Waals surface area contributed by atoms with Crippen molar-refractivity contribution in [2.24, 2.45) is 0 Å². The Morgan fingerprint density at radius 1 is 1.32 bits per heavy atom. The molecule has 3 aromatic rings. The summed E-state index contributed by atoms with van der Waals surface area (Å²) in [5.74, 6) is -0.727. The molecule has 0 unspecified atom stereocenters. The van der Waals surface area contributed by atoms with Gasteiger partial charge in [-0.2, -0.15) is 5.26 Å². The number of hydrogen-bond acceptors (Lipinski definition) is 7. The van der Waals surface area contributed by atoms with Gasteiger partial charge in [0.05, 0.1) is 22.6 Å². The maximum atomic E-state index is 11.6. The van der Waals surface area contributed by atoms with E-state index in [9.17, 15) is 18.5 Å². The second-order valence-corrected chi connectivity index (χ2v) is 7.72. The van der Waals surface area contributed by atoms with Crippen LogP contribution in [0.4, 0.5) is 5.69 Å². The van der Waals surface area contributed by atoms with Gasteiger partial charge in [0.15, 0.2) is 12.2 Å². The summed E-state index contributed by atoms with van der Waals surface area (Å²) in [6, 6.07) is 10.6. The summed E-state index contributed by atoms with van der Waals surface area (Å²) in [4.78, 5) is 15.2. The molecule has 10 heteroatoms. The van der Waals surface area contributed by atoms with Crippen LogP contribution in [0.5, 0.6) is 5.75 Å². The zero-order valence-corrected chi connectivity index (χ0v) is 15.5. The minimum atomic E-state index is -3.46. The fourth-order valence-electron chi connectivity index (χ4n) is 2.37. The summed E-state index contributed by atoms with van der Waals surface area (Å²) in [6.45, 7) is 1.41. The number of aromatic carboxylic acids is 1. The molecule has 28 heavy (non-hydrogen) atoms. The number of nitrogens with one attached hydrogen (secondary N) is 1. The zero-order valence-electron chi connectivity index (χ0n) is 14.7. The lowest BCUT2D eigenvalue weighted by atomic mass is 10.2. The number of anilines is 1. The second-order valence-electron chi connectivity index (χ2n) is 5.71. The Labute approximate surface area is 160 Å². The van der Waals surface area contributed by atoms with E-state index >= 15 is 0 Å². The molecular formula is C18H15N3O6S. The molecule has 0 radical (unpaired) electrons. The van der Waals surface area contributed by atoms with E-state index in [0.29, 0.717) is 11.1 Å². The third-order valence-electron chi connectivity index (χ3n) is 3.78. The number of benzene rings is 2. The van der Waals surface area contributed by atoms with Crippen LogP contribution in [0.15, 0.2) is 40.8 Å². The smallest absolute Gasteiger partial charge is 0.335 e. The molecule has 0 fully saturated rings. The van der Waals surface area contributed by atoms with Crippen molar-refractivity contribution in [3.05, 3.63) is 53.4 Å². The maximum Gasteiger partial charge on any atom is 0.335 e. The first kappa shape index (κ1) is 19.2. The van der Waals surface area contributed by atoms with E-state index in [2.05, 4.69) is 9.71 Å². The van der Waals surface area contributed by atoms with Gasteiger partial charge in [-0.3, -0.25) is 4.72 Å². The third kappa shape index (κ3) is 4.21. The highest BCUT2D eigenvalue weighted by Crippen LogP contribution is 2.25. The van der Waals surface area contributed by atoms with E-state index in [1.54, 1.807) is 0 Å². The maximum absolute atomic E-state index is 11.6. The molecule has 1 heterocycles. The summed E-state index contributed by atoms with van der Waals surface area (Å²) in [7, 11) is -3.46. The number of nitrogens with zero attached hydrogens (tertiary/aromatic N) is 2. The summed E-state index contributed by atoms with van der Waals surface area (Å²) in [6.07, 6.45) is 0. The van der Waals surface area contributed by atoms with Crippen LogP contribution >= 0.6 is 0 Å². The van der Waals surface area contributed by atoms with Crippen molar-refractivity contribution in [3.63, 3.8) is 0 Å². The van der Waals surface area contributed by atoms with Gasteiger partial charge in [-0.25, -0.2) is 18.2 Å². The van der Waals surface area contributed by atoms with Crippen molar-refractivity contribution in [1.82, 2.24) is 4.98 Å². The number of nitriles is 1. The molecule has 1 aromatic heterocycles.